The quantitative estimate of drug-likeness (QED) is 0.159. The highest BCUT2D eigenvalue weighted by Crippen LogP contribution is 2.57. The summed E-state index contributed by atoms with van der Waals surface area (Å²) in [7, 11) is 0. The molecule has 0 saturated carbocycles. The number of para-hydroxylation sites is 3. The van der Waals surface area contributed by atoms with E-state index in [1.807, 2.05) is 0 Å². The molecule has 2 aliphatic heterocycles. The highest BCUT2D eigenvalue weighted by atomic mass is 15.9. The molecule has 10 aromatic rings. The van der Waals surface area contributed by atoms with Crippen LogP contribution >= 0.6 is 0 Å². The van der Waals surface area contributed by atoms with Crippen LogP contribution in [0.2, 0.25) is 0 Å². The minimum absolute atomic E-state index is 0.119. The summed E-state index contributed by atoms with van der Waals surface area (Å²) >= 11 is 0. The fourth-order valence-corrected chi connectivity index (χ4v) is 9.41. The van der Waals surface area contributed by atoms with Crippen LogP contribution in [0.1, 0.15) is 29.8 Å². The molecule has 0 radical (unpaired) electrons. The number of hydrazine groups is 1. The zero-order valence-corrected chi connectivity index (χ0v) is 31.4. The number of fused-ring (bicyclic) bond motifs is 7. The lowest BCUT2D eigenvalue weighted by Gasteiger charge is -2.25. The molecular weight excluding hydrogens is 695 g/mol. The van der Waals surface area contributed by atoms with E-state index in [1.165, 1.54) is 66.0 Å². The summed E-state index contributed by atoms with van der Waals surface area (Å²) in [6.45, 7) is 2.25. The van der Waals surface area contributed by atoms with Gasteiger partial charge in [-0.1, -0.05) is 140 Å². The van der Waals surface area contributed by atoms with Crippen molar-refractivity contribution in [1.29, 1.82) is 0 Å². The molecule has 12 rings (SSSR count). The maximum absolute atomic E-state index is 5.48. The van der Waals surface area contributed by atoms with E-state index in [2.05, 4.69) is 226 Å². The molecular formula is C52H37N5. The number of nitrogens with zero attached hydrogens (tertiary/aromatic N) is 5. The number of hydrogen-bond acceptors (Lipinski definition) is 3. The maximum Gasteiger partial charge on any atom is 0.157 e. The van der Waals surface area contributed by atoms with Crippen molar-refractivity contribution < 1.29 is 0 Å². The van der Waals surface area contributed by atoms with E-state index in [0.29, 0.717) is 0 Å². The molecule has 3 atom stereocenters. The lowest BCUT2D eigenvalue weighted by atomic mass is 9.99. The van der Waals surface area contributed by atoms with Gasteiger partial charge in [0.2, 0.25) is 0 Å². The molecule has 2 aromatic heterocycles. The predicted molar refractivity (Wildman–Crippen MR) is 234 cm³/mol. The fourth-order valence-electron chi connectivity index (χ4n) is 9.41. The average molecular weight is 732 g/mol. The van der Waals surface area contributed by atoms with Crippen LogP contribution in [0.5, 0.6) is 0 Å². The van der Waals surface area contributed by atoms with E-state index < -0.39 is 5.66 Å². The third kappa shape index (κ3) is 4.76. The molecule has 0 aliphatic carbocycles. The zero-order chi connectivity index (χ0) is 37.7. The van der Waals surface area contributed by atoms with Crippen molar-refractivity contribution in [2.75, 3.05) is 0 Å². The van der Waals surface area contributed by atoms with Gasteiger partial charge in [-0.25, -0.2) is 4.99 Å². The van der Waals surface area contributed by atoms with E-state index in [1.54, 1.807) is 0 Å². The van der Waals surface area contributed by atoms with Crippen molar-refractivity contribution in [2.45, 2.75) is 18.8 Å². The number of hydrogen-bond donors (Lipinski definition) is 0. The third-order valence-electron chi connectivity index (χ3n) is 12.1. The van der Waals surface area contributed by atoms with E-state index in [-0.39, 0.29) is 6.17 Å². The summed E-state index contributed by atoms with van der Waals surface area (Å²) in [4.78, 5) is 5.48. The van der Waals surface area contributed by atoms with E-state index >= 15 is 0 Å². The molecule has 270 valence electrons. The highest BCUT2D eigenvalue weighted by Gasteiger charge is 2.63. The lowest BCUT2D eigenvalue weighted by Crippen LogP contribution is -2.28. The minimum Gasteiger partial charge on any atom is -0.309 e. The molecule has 2 aliphatic rings. The fraction of sp³-hybridized carbons (Fsp3) is 0.0577. The highest BCUT2D eigenvalue weighted by molar-refractivity contribution is 6.12. The molecule has 57 heavy (non-hydrogen) atoms. The molecule has 1 saturated heterocycles. The number of aliphatic imine (C=N–C) groups is 1. The molecule has 5 nitrogen and oxygen atoms in total. The lowest BCUT2D eigenvalue weighted by molar-refractivity contribution is 0.216. The van der Waals surface area contributed by atoms with E-state index in [0.717, 1.165) is 22.6 Å². The van der Waals surface area contributed by atoms with Crippen LogP contribution in [-0.2, 0) is 5.66 Å². The second-order valence-corrected chi connectivity index (χ2v) is 15.4. The number of amidine groups is 1. The first-order valence-electron chi connectivity index (χ1n) is 19.7. The Bertz CT molecular complexity index is 3220. The van der Waals surface area contributed by atoms with Crippen LogP contribution in [-0.4, -0.2) is 25.0 Å². The summed E-state index contributed by atoms with van der Waals surface area (Å²) in [6, 6.07) is 72.4. The van der Waals surface area contributed by atoms with Crippen LogP contribution in [0.3, 0.4) is 0 Å². The Balaban J connectivity index is 0.982. The summed E-state index contributed by atoms with van der Waals surface area (Å²) in [6.07, 6.45) is 0.119. The van der Waals surface area contributed by atoms with Crippen LogP contribution in [0.15, 0.2) is 205 Å². The Hall–Kier alpha value is -7.21. The monoisotopic (exact) mass is 731 g/mol. The summed E-state index contributed by atoms with van der Waals surface area (Å²) in [5, 5.41) is 9.76. The number of rotatable bonds is 6. The van der Waals surface area contributed by atoms with Gasteiger partial charge in [-0.15, -0.1) is 0 Å². The first kappa shape index (κ1) is 32.1. The Morgan fingerprint density at radius 3 is 1.56 bits per heavy atom. The second-order valence-electron chi connectivity index (χ2n) is 15.4. The van der Waals surface area contributed by atoms with Gasteiger partial charge >= 0.3 is 0 Å². The smallest absolute Gasteiger partial charge is 0.157 e. The van der Waals surface area contributed by atoms with Gasteiger partial charge in [-0.3, -0.25) is 5.01 Å². The molecule has 4 heterocycles. The van der Waals surface area contributed by atoms with Gasteiger partial charge < -0.3 is 9.13 Å². The van der Waals surface area contributed by atoms with Crippen molar-refractivity contribution >= 4 is 49.4 Å². The Morgan fingerprint density at radius 2 is 0.930 bits per heavy atom. The zero-order valence-electron chi connectivity index (χ0n) is 31.4. The second kappa shape index (κ2) is 12.1. The van der Waals surface area contributed by atoms with Crippen molar-refractivity contribution in [3.63, 3.8) is 0 Å². The maximum atomic E-state index is 5.48. The van der Waals surface area contributed by atoms with Gasteiger partial charge in [-0.2, -0.15) is 5.01 Å². The number of aromatic nitrogens is 2. The van der Waals surface area contributed by atoms with Crippen LogP contribution in [0, 0.1) is 0 Å². The van der Waals surface area contributed by atoms with Crippen molar-refractivity contribution in [3.05, 3.63) is 217 Å². The van der Waals surface area contributed by atoms with Gasteiger partial charge in [0.15, 0.2) is 5.66 Å². The van der Waals surface area contributed by atoms with Crippen LogP contribution in [0.25, 0.3) is 66.1 Å². The first-order valence-corrected chi connectivity index (χ1v) is 19.7. The molecule has 0 spiro atoms. The summed E-state index contributed by atoms with van der Waals surface area (Å²) in [5.74, 6) is 1.00. The molecule has 0 bridgehead atoms. The van der Waals surface area contributed by atoms with E-state index in [9.17, 15) is 0 Å². The van der Waals surface area contributed by atoms with Crippen molar-refractivity contribution in [3.8, 4) is 22.5 Å². The van der Waals surface area contributed by atoms with Gasteiger partial charge in [0, 0.05) is 38.5 Å². The molecule has 5 heteroatoms. The average Bonchev–Trinajstić information content (AvgIpc) is 3.67. The SMILES string of the molecule is CC1(c2cccc(-n3c4ccccc4c4cc(-c5ccc6c(c5)c5ccccc5n6-c5ccccc5)ccc43)c2)N=C(c2ccccc2)N2C(c3ccccc3)N21. The summed E-state index contributed by atoms with van der Waals surface area (Å²) in [5.41, 5.74) is 12.4. The largest absolute Gasteiger partial charge is 0.309 e. The molecule has 1 fully saturated rings. The van der Waals surface area contributed by atoms with Crippen LogP contribution < -0.4 is 0 Å². The third-order valence-corrected chi connectivity index (χ3v) is 12.1. The Labute approximate surface area is 330 Å². The van der Waals surface area contributed by atoms with Crippen molar-refractivity contribution in [2.24, 2.45) is 4.99 Å². The van der Waals surface area contributed by atoms with Crippen LogP contribution in [0.4, 0.5) is 0 Å². The van der Waals surface area contributed by atoms with Gasteiger partial charge in [0.1, 0.15) is 12.0 Å². The molecule has 3 unspecified atom stereocenters. The molecule has 8 aromatic carbocycles. The molecule has 0 N–H and O–H groups in total. The standard InChI is InChI=1S/C52H37N5/c1-52(53-50(35-16-5-2-6-17-35)56-51(57(52)56)36-18-7-3-8-19-36)39-20-15-23-41(34-39)55-47-27-14-12-25-43(47)45-33-38(29-31-49(45)55)37-28-30-48-44(32-37)42-24-11-13-26-46(42)54(48)40-21-9-4-10-22-40/h2-34,51H,1H3. The van der Waals surface area contributed by atoms with E-state index in [4.69, 9.17) is 4.99 Å². The van der Waals surface area contributed by atoms with Gasteiger partial charge in [0.25, 0.3) is 0 Å². The Morgan fingerprint density at radius 1 is 0.421 bits per heavy atom. The summed E-state index contributed by atoms with van der Waals surface area (Å²) < 4.78 is 4.79. The topological polar surface area (TPSA) is 28.2 Å². The van der Waals surface area contributed by atoms with Crippen molar-refractivity contribution in [1.82, 2.24) is 19.2 Å². The predicted octanol–water partition coefficient (Wildman–Crippen LogP) is 12.4. The Kier molecular flexibility index (Phi) is 6.83. The van der Waals surface area contributed by atoms with Gasteiger partial charge in [0.05, 0.1) is 22.1 Å². The first-order chi connectivity index (χ1) is 28.2. The molecule has 0 amide bonds. The normalized spacial score (nSPS) is 18.8. The van der Waals surface area contributed by atoms with Gasteiger partial charge in [-0.05, 0) is 89.8 Å². The minimum atomic E-state index is -0.587. The number of benzene rings is 8.